The maximum absolute atomic E-state index is 10.4. The third-order valence-corrected chi connectivity index (χ3v) is 2.16. The van der Waals surface area contributed by atoms with E-state index in [9.17, 15) is 4.79 Å². The number of fused-ring (bicyclic) bond motifs is 1. The molecule has 0 radical (unpaired) electrons. The van der Waals surface area contributed by atoms with E-state index in [2.05, 4.69) is 10.1 Å². The van der Waals surface area contributed by atoms with Crippen LogP contribution >= 0.6 is 0 Å². The van der Waals surface area contributed by atoms with Crippen LogP contribution in [0.3, 0.4) is 0 Å². The molecule has 1 N–H and O–H groups in total. The molecule has 0 bridgehead atoms. The highest BCUT2D eigenvalue weighted by Crippen LogP contribution is 2.07. The minimum absolute atomic E-state index is 0.101. The SMILES string of the molecule is Cc1ccc2ncc(CCC(=O)O)n2n1. The number of carbonyl (C=O) groups is 1. The Morgan fingerprint density at radius 3 is 3.07 bits per heavy atom. The van der Waals surface area contributed by atoms with Crippen LogP contribution in [0.25, 0.3) is 5.65 Å². The van der Waals surface area contributed by atoms with Gasteiger partial charge in [-0.15, -0.1) is 0 Å². The Labute approximate surface area is 86.4 Å². The van der Waals surface area contributed by atoms with Gasteiger partial charge in [-0.1, -0.05) is 0 Å². The number of hydrogen-bond acceptors (Lipinski definition) is 3. The zero-order valence-corrected chi connectivity index (χ0v) is 8.34. The number of aromatic nitrogens is 3. The van der Waals surface area contributed by atoms with Crippen LogP contribution in [0, 0.1) is 6.92 Å². The van der Waals surface area contributed by atoms with E-state index in [1.165, 1.54) is 0 Å². The highest BCUT2D eigenvalue weighted by molar-refractivity contribution is 5.67. The topological polar surface area (TPSA) is 67.5 Å². The molecule has 2 rings (SSSR count). The number of rotatable bonds is 3. The zero-order valence-electron chi connectivity index (χ0n) is 8.34. The smallest absolute Gasteiger partial charge is 0.303 e. The summed E-state index contributed by atoms with van der Waals surface area (Å²) in [5.74, 6) is -0.808. The Morgan fingerprint density at radius 1 is 1.53 bits per heavy atom. The Morgan fingerprint density at radius 2 is 2.33 bits per heavy atom. The first kappa shape index (κ1) is 9.64. The van der Waals surface area contributed by atoms with Crippen molar-refractivity contribution in [2.75, 3.05) is 0 Å². The Bertz CT molecular complexity index is 504. The summed E-state index contributed by atoms with van der Waals surface area (Å²) < 4.78 is 1.69. The van der Waals surface area contributed by atoms with Crippen molar-refractivity contribution < 1.29 is 9.90 Å². The number of aryl methyl sites for hydroxylation is 2. The molecule has 0 saturated heterocycles. The summed E-state index contributed by atoms with van der Waals surface area (Å²) in [6.45, 7) is 1.89. The van der Waals surface area contributed by atoms with Crippen LogP contribution in [0.1, 0.15) is 17.8 Å². The molecular weight excluding hydrogens is 194 g/mol. The van der Waals surface area contributed by atoms with Crippen LogP contribution < -0.4 is 0 Å². The number of hydrogen-bond donors (Lipinski definition) is 1. The molecule has 0 aliphatic carbocycles. The van der Waals surface area contributed by atoms with Gasteiger partial charge in [0.15, 0.2) is 5.65 Å². The molecule has 2 heterocycles. The molecule has 15 heavy (non-hydrogen) atoms. The first-order valence-electron chi connectivity index (χ1n) is 4.69. The quantitative estimate of drug-likeness (QED) is 0.813. The maximum atomic E-state index is 10.4. The predicted molar refractivity (Wildman–Crippen MR) is 53.7 cm³/mol. The van der Waals surface area contributed by atoms with Gasteiger partial charge in [0.05, 0.1) is 24.0 Å². The molecule has 0 spiro atoms. The molecule has 2 aromatic rings. The van der Waals surface area contributed by atoms with E-state index in [1.54, 1.807) is 10.7 Å². The number of aliphatic carboxylic acids is 1. The molecule has 2 aromatic heterocycles. The number of carboxylic acid groups (broad SMARTS) is 1. The minimum Gasteiger partial charge on any atom is -0.481 e. The summed E-state index contributed by atoms with van der Waals surface area (Å²) in [6.07, 6.45) is 2.22. The molecule has 5 nitrogen and oxygen atoms in total. The van der Waals surface area contributed by atoms with Gasteiger partial charge in [0.1, 0.15) is 0 Å². The fourth-order valence-corrected chi connectivity index (χ4v) is 1.42. The van der Waals surface area contributed by atoms with Crippen molar-refractivity contribution in [1.82, 2.24) is 14.6 Å². The predicted octanol–water partition coefficient (Wildman–Crippen LogP) is 1.05. The van der Waals surface area contributed by atoms with Gasteiger partial charge in [-0.3, -0.25) is 4.79 Å². The third-order valence-electron chi connectivity index (χ3n) is 2.16. The second-order valence-electron chi connectivity index (χ2n) is 3.39. The first-order valence-corrected chi connectivity index (χ1v) is 4.69. The molecule has 0 saturated carbocycles. The lowest BCUT2D eigenvalue weighted by Crippen LogP contribution is -2.02. The van der Waals surface area contributed by atoms with Crippen molar-refractivity contribution in [2.45, 2.75) is 19.8 Å². The number of carboxylic acids is 1. The average Bonchev–Trinajstić information content (AvgIpc) is 2.57. The van der Waals surface area contributed by atoms with Gasteiger partial charge < -0.3 is 5.11 Å². The summed E-state index contributed by atoms with van der Waals surface area (Å²) in [7, 11) is 0. The summed E-state index contributed by atoms with van der Waals surface area (Å²) in [4.78, 5) is 14.6. The van der Waals surface area contributed by atoms with E-state index in [0.717, 1.165) is 17.0 Å². The third kappa shape index (κ3) is 1.96. The first-order chi connectivity index (χ1) is 7.16. The largest absolute Gasteiger partial charge is 0.481 e. The van der Waals surface area contributed by atoms with Crippen molar-refractivity contribution >= 4 is 11.6 Å². The Kier molecular flexibility index (Phi) is 2.37. The molecule has 78 valence electrons. The molecule has 0 fully saturated rings. The van der Waals surface area contributed by atoms with Gasteiger partial charge >= 0.3 is 5.97 Å². The molecule has 0 aromatic carbocycles. The number of imidazole rings is 1. The molecule has 0 atom stereocenters. The van der Waals surface area contributed by atoms with E-state index in [4.69, 9.17) is 5.11 Å². The lowest BCUT2D eigenvalue weighted by molar-refractivity contribution is -0.136. The summed E-state index contributed by atoms with van der Waals surface area (Å²) in [5, 5.41) is 12.9. The van der Waals surface area contributed by atoms with E-state index in [0.29, 0.717) is 6.42 Å². The monoisotopic (exact) mass is 205 g/mol. The Balaban J connectivity index is 2.35. The second kappa shape index (κ2) is 3.68. The second-order valence-corrected chi connectivity index (χ2v) is 3.39. The highest BCUT2D eigenvalue weighted by atomic mass is 16.4. The maximum Gasteiger partial charge on any atom is 0.303 e. The summed E-state index contributed by atoms with van der Waals surface area (Å²) in [5.41, 5.74) is 2.47. The summed E-state index contributed by atoms with van der Waals surface area (Å²) in [6, 6.07) is 3.75. The van der Waals surface area contributed by atoms with Gasteiger partial charge in [0.2, 0.25) is 0 Å². The van der Waals surface area contributed by atoms with Crippen LogP contribution in [-0.2, 0) is 11.2 Å². The van der Waals surface area contributed by atoms with Crippen LogP contribution in [0.2, 0.25) is 0 Å². The van der Waals surface area contributed by atoms with Crippen molar-refractivity contribution in [3.05, 3.63) is 29.7 Å². The molecule has 0 unspecified atom stereocenters. The van der Waals surface area contributed by atoms with Crippen molar-refractivity contribution in [3.63, 3.8) is 0 Å². The number of nitrogens with zero attached hydrogens (tertiary/aromatic N) is 3. The normalized spacial score (nSPS) is 10.7. The van der Waals surface area contributed by atoms with E-state index < -0.39 is 5.97 Å². The van der Waals surface area contributed by atoms with Gasteiger partial charge in [-0.25, -0.2) is 9.50 Å². The van der Waals surface area contributed by atoms with Crippen molar-refractivity contribution in [2.24, 2.45) is 0 Å². The van der Waals surface area contributed by atoms with Crippen LogP contribution in [0.5, 0.6) is 0 Å². The van der Waals surface area contributed by atoms with Gasteiger partial charge in [-0.05, 0) is 19.1 Å². The zero-order chi connectivity index (χ0) is 10.8. The molecule has 0 aliphatic heterocycles. The van der Waals surface area contributed by atoms with E-state index in [1.807, 2.05) is 19.1 Å². The molecule has 5 heteroatoms. The van der Waals surface area contributed by atoms with Crippen molar-refractivity contribution in [3.8, 4) is 0 Å². The van der Waals surface area contributed by atoms with Gasteiger partial charge in [0.25, 0.3) is 0 Å². The molecular formula is C10H11N3O2. The Hall–Kier alpha value is -1.91. The molecule has 0 amide bonds. The van der Waals surface area contributed by atoms with E-state index in [-0.39, 0.29) is 6.42 Å². The summed E-state index contributed by atoms with van der Waals surface area (Å²) >= 11 is 0. The lowest BCUT2D eigenvalue weighted by atomic mass is 10.2. The van der Waals surface area contributed by atoms with Gasteiger partial charge in [-0.2, -0.15) is 5.10 Å². The highest BCUT2D eigenvalue weighted by Gasteiger charge is 2.06. The standard InChI is InChI=1S/C10H11N3O2/c1-7-2-4-9-11-6-8(13(9)12-7)3-5-10(14)15/h2,4,6H,3,5H2,1H3,(H,14,15). The minimum atomic E-state index is -0.808. The fourth-order valence-electron chi connectivity index (χ4n) is 1.42. The van der Waals surface area contributed by atoms with E-state index >= 15 is 0 Å². The molecule has 0 aliphatic rings. The van der Waals surface area contributed by atoms with Crippen molar-refractivity contribution in [1.29, 1.82) is 0 Å². The van der Waals surface area contributed by atoms with Crippen LogP contribution in [0.4, 0.5) is 0 Å². The van der Waals surface area contributed by atoms with Gasteiger partial charge in [0, 0.05) is 6.42 Å². The fraction of sp³-hybridized carbons (Fsp3) is 0.300. The lowest BCUT2D eigenvalue weighted by Gasteiger charge is -1.99. The van der Waals surface area contributed by atoms with Crippen LogP contribution in [-0.4, -0.2) is 25.7 Å². The average molecular weight is 205 g/mol. The van der Waals surface area contributed by atoms with Crippen LogP contribution in [0.15, 0.2) is 18.3 Å².